The Morgan fingerprint density at radius 3 is 2.19 bits per heavy atom. The third-order valence-electron chi connectivity index (χ3n) is 8.88. The molecule has 0 radical (unpaired) electrons. The van der Waals surface area contributed by atoms with Gasteiger partial charge in [-0.1, -0.05) is 53.5 Å². The van der Waals surface area contributed by atoms with Gasteiger partial charge >= 0.3 is 12.0 Å². The molecular formula is C35H38Cl2N6O8S. The van der Waals surface area contributed by atoms with Crippen molar-refractivity contribution >= 4 is 74.3 Å². The summed E-state index contributed by atoms with van der Waals surface area (Å²) in [6.07, 6.45) is 1.43. The van der Waals surface area contributed by atoms with Crippen LogP contribution in [-0.4, -0.2) is 90.2 Å². The molecule has 3 aromatic carbocycles. The van der Waals surface area contributed by atoms with Crippen molar-refractivity contribution in [1.82, 2.24) is 19.8 Å². The van der Waals surface area contributed by atoms with Gasteiger partial charge in [0.15, 0.2) is 0 Å². The number of carbonyl (C=O) groups excluding carboxylic acids is 4. The van der Waals surface area contributed by atoms with E-state index in [1.54, 1.807) is 30.3 Å². The minimum Gasteiger partial charge on any atom is -0.480 e. The molecule has 52 heavy (non-hydrogen) atoms. The zero-order valence-electron chi connectivity index (χ0n) is 28.1. The van der Waals surface area contributed by atoms with Crippen molar-refractivity contribution in [2.75, 3.05) is 30.3 Å². The number of amides is 5. The molecule has 5 rings (SSSR count). The first kappa shape index (κ1) is 38.5. The molecule has 2 heterocycles. The van der Waals surface area contributed by atoms with Crippen LogP contribution >= 0.6 is 23.2 Å². The van der Waals surface area contributed by atoms with Crippen molar-refractivity contribution in [2.24, 2.45) is 0 Å². The lowest BCUT2D eigenvalue weighted by Crippen LogP contribution is -2.55. The lowest BCUT2D eigenvalue weighted by molar-refractivity contribution is -0.143. The lowest BCUT2D eigenvalue weighted by atomic mass is 10.1. The fourth-order valence-corrected chi connectivity index (χ4v) is 8.59. The first-order valence-electron chi connectivity index (χ1n) is 16.5. The smallest absolute Gasteiger partial charge is 0.328 e. The first-order chi connectivity index (χ1) is 24.7. The molecule has 0 aromatic heterocycles. The number of benzene rings is 3. The molecule has 2 fully saturated rings. The highest BCUT2D eigenvalue weighted by atomic mass is 35.5. The number of urea groups is 1. The molecule has 276 valence electrons. The Morgan fingerprint density at radius 2 is 1.52 bits per heavy atom. The van der Waals surface area contributed by atoms with Crippen LogP contribution in [0.25, 0.3) is 0 Å². The Kier molecular flexibility index (Phi) is 12.4. The van der Waals surface area contributed by atoms with E-state index in [9.17, 15) is 37.5 Å². The summed E-state index contributed by atoms with van der Waals surface area (Å²) < 4.78 is 27.7. The quantitative estimate of drug-likeness (QED) is 0.182. The Labute approximate surface area is 310 Å². The van der Waals surface area contributed by atoms with Crippen LogP contribution < -0.4 is 21.3 Å². The van der Waals surface area contributed by atoms with Crippen LogP contribution in [-0.2, 0) is 35.6 Å². The van der Waals surface area contributed by atoms with Gasteiger partial charge in [-0.3, -0.25) is 14.4 Å². The molecule has 3 atom stereocenters. The number of nitrogens with one attached hydrogen (secondary N) is 4. The average molecular weight is 774 g/mol. The predicted octanol–water partition coefficient (Wildman–Crippen LogP) is 4.02. The highest BCUT2D eigenvalue weighted by molar-refractivity contribution is 7.89. The summed E-state index contributed by atoms with van der Waals surface area (Å²) in [5.74, 6) is -3.15. The predicted molar refractivity (Wildman–Crippen MR) is 195 cm³/mol. The van der Waals surface area contributed by atoms with E-state index in [4.69, 9.17) is 23.2 Å². The number of rotatable bonds is 12. The van der Waals surface area contributed by atoms with Crippen LogP contribution in [0.2, 0.25) is 10.0 Å². The molecule has 2 aliphatic heterocycles. The van der Waals surface area contributed by atoms with Crippen molar-refractivity contribution < 1.29 is 37.5 Å². The van der Waals surface area contributed by atoms with Crippen LogP contribution in [0.1, 0.15) is 36.8 Å². The van der Waals surface area contributed by atoms with Gasteiger partial charge in [-0.15, -0.1) is 0 Å². The maximum absolute atomic E-state index is 13.4. The highest BCUT2D eigenvalue weighted by Gasteiger charge is 2.41. The number of aliphatic carboxylic acids is 1. The van der Waals surface area contributed by atoms with E-state index >= 15 is 0 Å². The summed E-state index contributed by atoms with van der Waals surface area (Å²) >= 11 is 12.0. The zero-order valence-corrected chi connectivity index (χ0v) is 30.4. The van der Waals surface area contributed by atoms with Gasteiger partial charge < -0.3 is 31.3 Å². The molecule has 14 nitrogen and oxygen atoms in total. The number of anilines is 2. The third-order valence-corrected chi connectivity index (χ3v) is 11.2. The molecular weight excluding hydrogens is 735 g/mol. The molecule has 2 saturated heterocycles. The Balaban J connectivity index is 1.14. The van der Waals surface area contributed by atoms with E-state index in [1.165, 1.54) is 23.1 Å². The van der Waals surface area contributed by atoms with Crippen molar-refractivity contribution in [3.63, 3.8) is 0 Å². The number of likely N-dealkylation sites (tertiary alicyclic amines) is 1. The highest BCUT2D eigenvalue weighted by Crippen LogP contribution is 2.30. The van der Waals surface area contributed by atoms with Crippen LogP contribution in [0, 0.1) is 6.92 Å². The molecule has 0 spiro atoms. The molecule has 3 aromatic rings. The van der Waals surface area contributed by atoms with E-state index < -0.39 is 58.5 Å². The van der Waals surface area contributed by atoms with E-state index in [0.717, 1.165) is 9.87 Å². The van der Waals surface area contributed by atoms with Gasteiger partial charge in [-0.05, 0) is 80.1 Å². The molecule has 5 amide bonds. The second-order valence-corrected chi connectivity index (χ2v) is 15.3. The van der Waals surface area contributed by atoms with Crippen LogP contribution in [0.15, 0.2) is 71.6 Å². The summed E-state index contributed by atoms with van der Waals surface area (Å²) in [4.78, 5) is 65.5. The van der Waals surface area contributed by atoms with Gasteiger partial charge in [0.2, 0.25) is 27.7 Å². The first-order valence-corrected chi connectivity index (χ1v) is 18.7. The van der Waals surface area contributed by atoms with E-state index in [2.05, 4.69) is 21.3 Å². The summed E-state index contributed by atoms with van der Waals surface area (Å²) in [6.45, 7) is 1.75. The molecule has 1 unspecified atom stereocenters. The van der Waals surface area contributed by atoms with E-state index in [-0.39, 0.29) is 40.2 Å². The van der Waals surface area contributed by atoms with E-state index in [1.807, 2.05) is 25.1 Å². The fraction of sp³-hybridized carbons (Fsp3) is 0.343. The summed E-state index contributed by atoms with van der Waals surface area (Å²) in [6, 6.07) is 13.9. The fourth-order valence-electron chi connectivity index (χ4n) is 6.21. The van der Waals surface area contributed by atoms with Gasteiger partial charge in [0, 0.05) is 41.1 Å². The van der Waals surface area contributed by atoms with Gasteiger partial charge in [0.1, 0.15) is 18.1 Å². The normalized spacial score (nSPS) is 18.0. The van der Waals surface area contributed by atoms with Crippen molar-refractivity contribution in [3.05, 3.63) is 87.9 Å². The Hall–Kier alpha value is -4.70. The van der Waals surface area contributed by atoms with Crippen molar-refractivity contribution in [3.8, 4) is 0 Å². The SMILES string of the molecule is Cc1ccccc1NC(=O)Nc1ccc(CC(=O)N2CCCC2C(=O)NC[C@H](NC(=O)[C@@H]2CCCN2S(=O)(=O)c2cc(Cl)cc(Cl)c2)C(=O)O)cc1. The standard InChI is InChI=1S/C35H38Cl2N6O8S/c1-21-6-2-3-7-27(21)41-35(49)39-25-12-10-22(11-13-25)16-31(44)42-14-4-8-29(42)32(45)38-20-28(34(47)48)40-33(46)30-9-5-15-43(30)52(50,51)26-18-23(36)17-24(37)19-26/h2-3,6-7,10-13,17-19,28-30H,4-5,8-9,14-16,20H2,1H3,(H,38,45)(H,40,46)(H,47,48)(H2,39,41,49)/t28-,29?,30-/m0/s1. The lowest BCUT2D eigenvalue weighted by Gasteiger charge is -2.26. The summed E-state index contributed by atoms with van der Waals surface area (Å²) in [7, 11) is -4.20. The van der Waals surface area contributed by atoms with Gasteiger partial charge in [0.05, 0.1) is 11.3 Å². The number of hydrogen-bond donors (Lipinski definition) is 5. The van der Waals surface area contributed by atoms with Gasteiger partial charge in [-0.25, -0.2) is 18.0 Å². The maximum atomic E-state index is 13.4. The molecule has 0 bridgehead atoms. The molecule has 0 aliphatic carbocycles. The minimum absolute atomic E-state index is 0.00450. The molecule has 0 saturated carbocycles. The second kappa shape index (κ2) is 16.8. The Morgan fingerprint density at radius 1 is 0.865 bits per heavy atom. The summed E-state index contributed by atoms with van der Waals surface area (Å²) in [5, 5.41) is 20.5. The Bertz CT molecular complexity index is 1940. The monoisotopic (exact) mass is 772 g/mol. The van der Waals surface area contributed by atoms with Crippen LogP contribution in [0.5, 0.6) is 0 Å². The third kappa shape index (κ3) is 9.39. The number of carboxylic acid groups (broad SMARTS) is 1. The van der Waals surface area contributed by atoms with E-state index in [0.29, 0.717) is 42.7 Å². The maximum Gasteiger partial charge on any atom is 0.328 e. The van der Waals surface area contributed by atoms with Gasteiger partial charge in [0.25, 0.3) is 0 Å². The largest absolute Gasteiger partial charge is 0.480 e. The molecule has 2 aliphatic rings. The number of hydrogen-bond acceptors (Lipinski definition) is 7. The number of sulfonamides is 1. The molecule has 5 N–H and O–H groups in total. The summed E-state index contributed by atoms with van der Waals surface area (Å²) in [5.41, 5.74) is 2.78. The number of para-hydroxylation sites is 1. The zero-order chi connectivity index (χ0) is 37.6. The van der Waals surface area contributed by atoms with Crippen LogP contribution in [0.4, 0.5) is 16.2 Å². The van der Waals surface area contributed by atoms with Crippen molar-refractivity contribution in [2.45, 2.75) is 62.0 Å². The number of halogens is 2. The topological polar surface area (TPSA) is 194 Å². The van der Waals surface area contributed by atoms with Crippen molar-refractivity contribution in [1.29, 1.82) is 0 Å². The number of nitrogens with zero attached hydrogens (tertiary/aromatic N) is 2. The second-order valence-electron chi connectivity index (χ2n) is 12.5. The van der Waals surface area contributed by atoms with Gasteiger partial charge in [-0.2, -0.15) is 4.31 Å². The number of aryl methyl sites for hydroxylation is 1. The number of carbonyl (C=O) groups is 5. The molecule has 17 heteroatoms. The van der Waals surface area contributed by atoms with Crippen LogP contribution in [0.3, 0.4) is 0 Å². The average Bonchev–Trinajstić information content (AvgIpc) is 3.79. The number of carboxylic acids is 1. The minimum atomic E-state index is -4.20.